The molecule has 24 heavy (non-hydrogen) atoms. The molecule has 8 heteroatoms. The first-order valence-corrected chi connectivity index (χ1v) is 9.47. The molecule has 0 radical (unpaired) electrons. The molecule has 1 fully saturated rings. The van der Waals surface area contributed by atoms with Gasteiger partial charge >= 0.3 is 6.03 Å². The summed E-state index contributed by atoms with van der Waals surface area (Å²) in [5.41, 5.74) is 1.05. The average Bonchev–Trinajstić information content (AvgIpc) is 2.59. The van der Waals surface area contributed by atoms with Crippen LogP contribution in [0.1, 0.15) is 12.0 Å². The lowest BCUT2D eigenvalue weighted by molar-refractivity contribution is 0.0532. The van der Waals surface area contributed by atoms with Crippen molar-refractivity contribution in [2.24, 2.45) is 0 Å². The van der Waals surface area contributed by atoms with Gasteiger partial charge in [0.05, 0.1) is 18.1 Å². The average molecular weight is 355 g/mol. The zero-order valence-electron chi connectivity index (χ0n) is 14.2. The van der Waals surface area contributed by atoms with Gasteiger partial charge in [0.2, 0.25) is 10.0 Å². The number of urea groups is 1. The van der Waals surface area contributed by atoms with Crippen LogP contribution in [-0.4, -0.2) is 70.6 Å². The summed E-state index contributed by atoms with van der Waals surface area (Å²) in [5, 5.41) is 2.90. The molecule has 0 atom stereocenters. The fourth-order valence-corrected chi connectivity index (χ4v) is 3.31. The van der Waals surface area contributed by atoms with Crippen molar-refractivity contribution >= 4 is 16.1 Å². The molecule has 0 bridgehead atoms. The Hall–Kier alpha value is -1.64. The van der Waals surface area contributed by atoms with Crippen LogP contribution in [-0.2, 0) is 21.2 Å². The number of carbonyl (C=O) groups excluding carboxylic acids is 1. The molecule has 0 aliphatic carbocycles. The number of nitrogens with zero attached hydrogens (tertiary/aromatic N) is 2. The number of ether oxygens (including phenoxy) is 1. The minimum atomic E-state index is -3.38. The SMILES string of the molecule is CN(C)S(=O)(=O)c1ccc(CCCNC(=O)N2CCOCC2)cc1. The van der Waals surface area contributed by atoms with Crippen LogP contribution in [0, 0.1) is 0 Å². The van der Waals surface area contributed by atoms with Crippen LogP contribution < -0.4 is 5.32 Å². The third-order valence-corrected chi connectivity index (χ3v) is 5.75. The van der Waals surface area contributed by atoms with E-state index in [1.165, 1.54) is 18.4 Å². The Kier molecular flexibility index (Phi) is 6.59. The molecule has 0 aromatic heterocycles. The summed E-state index contributed by atoms with van der Waals surface area (Å²) >= 11 is 0. The monoisotopic (exact) mass is 355 g/mol. The maximum Gasteiger partial charge on any atom is 0.317 e. The molecule has 7 nitrogen and oxygen atoms in total. The first-order valence-electron chi connectivity index (χ1n) is 8.03. The van der Waals surface area contributed by atoms with Gasteiger partial charge in [-0.25, -0.2) is 17.5 Å². The van der Waals surface area contributed by atoms with E-state index < -0.39 is 10.0 Å². The lowest BCUT2D eigenvalue weighted by atomic mass is 10.1. The summed E-state index contributed by atoms with van der Waals surface area (Å²) in [6.07, 6.45) is 1.58. The summed E-state index contributed by atoms with van der Waals surface area (Å²) in [6.45, 7) is 3.04. The number of sulfonamides is 1. The van der Waals surface area contributed by atoms with Gasteiger partial charge in [-0.2, -0.15) is 0 Å². The van der Waals surface area contributed by atoms with Gasteiger partial charge in [-0.15, -0.1) is 0 Å². The first-order chi connectivity index (χ1) is 11.4. The van der Waals surface area contributed by atoms with E-state index in [0.29, 0.717) is 32.8 Å². The van der Waals surface area contributed by atoms with Crippen molar-refractivity contribution in [2.45, 2.75) is 17.7 Å². The van der Waals surface area contributed by atoms with Crippen molar-refractivity contribution in [1.29, 1.82) is 0 Å². The smallest absolute Gasteiger partial charge is 0.317 e. The van der Waals surface area contributed by atoms with Crippen molar-refractivity contribution in [2.75, 3.05) is 46.9 Å². The van der Waals surface area contributed by atoms with E-state index in [9.17, 15) is 13.2 Å². The first kappa shape index (κ1) is 18.7. The normalized spacial score (nSPS) is 15.5. The van der Waals surface area contributed by atoms with E-state index >= 15 is 0 Å². The molecular weight excluding hydrogens is 330 g/mol. The second kappa shape index (κ2) is 8.46. The maximum absolute atomic E-state index is 12.0. The van der Waals surface area contributed by atoms with E-state index in [0.717, 1.165) is 18.4 Å². The third kappa shape index (κ3) is 4.93. The fraction of sp³-hybridized carbons (Fsp3) is 0.562. The number of amides is 2. The number of morpholine rings is 1. The minimum Gasteiger partial charge on any atom is -0.378 e. The highest BCUT2D eigenvalue weighted by Gasteiger charge is 2.17. The Morgan fingerprint density at radius 1 is 1.21 bits per heavy atom. The topological polar surface area (TPSA) is 79.0 Å². The quantitative estimate of drug-likeness (QED) is 0.770. The largest absolute Gasteiger partial charge is 0.378 e. The number of nitrogens with one attached hydrogen (secondary N) is 1. The highest BCUT2D eigenvalue weighted by Crippen LogP contribution is 2.14. The highest BCUT2D eigenvalue weighted by atomic mass is 32.2. The maximum atomic E-state index is 12.0. The summed E-state index contributed by atoms with van der Waals surface area (Å²) in [6, 6.07) is 6.83. The van der Waals surface area contributed by atoms with Crippen LogP contribution in [0.25, 0.3) is 0 Å². The van der Waals surface area contributed by atoms with Gasteiger partial charge in [-0.3, -0.25) is 0 Å². The summed E-state index contributed by atoms with van der Waals surface area (Å²) < 4.78 is 30.4. The highest BCUT2D eigenvalue weighted by molar-refractivity contribution is 7.89. The van der Waals surface area contributed by atoms with Gasteiger partial charge in [0.15, 0.2) is 0 Å². The number of hydrogen-bond donors (Lipinski definition) is 1. The lowest BCUT2D eigenvalue weighted by Gasteiger charge is -2.26. The molecule has 0 saturated carbocycles. The van der Waals surface area contributed by atoms with Crippen LogP contribution in [0.5, 0.6) is 0 Å². The number of rotatable bonds is 6. The molecule has 2 amide bonds. The van der Waals surface area contributed by atoms with Gasteiger partial charge in [-0.05, 0) is 30.5 Å². The molecule has 0 unspecified atom stereocenters. The standard InChI is InChI=1S/C16H25N3O4S/c1-18(2)24(21,22)15-7-5-14(6-8-15)4-3-9-17-16(20)19-10-12-23-13-11-19/h5-8H,3-4,9-13H2,1-2H3,(H,17,20). The van der Waals surface area contributed by atoms with Crippen LogP contribution >= 0.6 is 0 Å². The molecule has 1 heterocycles. The Morgan fingerprint density at radius 3 is 2.42 bits per heavy atom. The van der Waals surface area contributed by atoms with Crippen LogP contribution in [0.4, 0.5) is 4.79 Å². The van der Waals surface area contributed by atoms with E-state index in [1.54, 1.807) is 17.0 Å². The Bertz CT molecular complexity index is 638. The van der Waals surface area contributed by atoms with E-state index in [-0.39, 0.29) is 10.9 Å². The summed E-state index contributed by atoms with van der Waals surface area (Å²) in [7, 11) is -0.353. The van der Waals surface area contributed by atoms with Crippen LogP contribution in [0.3, 0.4) is 0 Å². The van der Waals surface area contributed by atoms with Gasteiger partial charge in [0, 0.05) is 33.7 Å². The van der Waals surface area contributed by atoms with Crippen LogP contribution in [0.2, 0.25) is 0 Å². The van der Waals surface area contributed by atoms with Crippen molar-refractivity contribution in [1.82, 2.24) is 14.5 Å². The van der Waals surface area contributed by atoms with Crippen molar-refractivity contribution in [3.8, 4) is 0 Å². The molecule has 1 N–H and O–H groups in total. The minimum absolute atomic E-state index is 0.0503. The van der Waals surface area contributed by atoms with Crippen molar-refractivity contribution < 1.29 is 17.9 Å². The predicted molar refractivity (Wildman–Crippen MR) is 91.4 cm³/mol. The van der Waals surface area contributed by atoms with Crippen molar-refractivity contribution in [3.63, 3.8) is 0 Å². The molecule has 2 rings (SSSR count). The van der Waals surface area contributed by atoms with Gasteiger partial charge < -0.3 is 15.0 Å². The Labute approximate surface area is 143 Å². The van der Waals surface area contributed by atoms with Gasteiger partial charge in [-0.1, -0.05) is 12.1 Å². The van der Waals surface area contributed by atoms with E-state index in [2.05, 4.69) is 5.32 Å². The number of hydrogen-bond acceptors (Lipinski definition) is 4. The van der Waals surface area contributed by atoms with Crippen molar-refractivity contribution in [3.05, 3.63) is 29.8 Å². The van der Waals surface area contributed by atoms with Gasteiger partial charge in [0.1, 0.15) is 0 Å². The molecule has 134 valence electrons. The Morgan fingerprint density at radius 2 is 1.83 bits per heavy atom. The van der Waals surface area contributed by atoms with Gasteiger partial charge in [0.25, 0.3) is 0 Å². The second-order valence-electron chi connectivity index (χ2n) is 5.87. The van der Waals surface area contributed by atoms with E-state index in [4.69, 9.17) is 4.74 Å². The fourth-order valence-electron chi connectivity index (χ4n) is 2.40. The number of benzene rings is 1. The Balaban J connectivity index is 1.75. The number of carbonyl (C=O) groups is 1. The third-order valence-electron chi connectivity index (χ3n) is 3.92. The molecule has 0 spiro atoms. The molecule has 1 saturated heterocycles. The lowest BCUT2D eigenvalue weighted by Crippen LogP contribution is -2.46. The van der Waals surface area contributed by atoms with E-state index in [1.807, 2.05) is 12.1 Å². The molecular formula is C16H25N3O4S. The van der Waals surface area contributed by atoms with Crippen LogP contribution in [0.15, 0.2) is 29.2 Å². The second-order valence-corrected chi connectivity index (χ2v) is 8.02. The predicted octanol–water partition coefficient (Wildman–Crippen LogP) is 0.911. The summed E-state index contributed by atoms with van der Waals surface area (Å²) in [4.78, 5) is 14.0. The molecule has 1 aliphatic rings. The molecule has 1 aromatic rings. The summed E-state index contributed by atoms with van der Waals surface area (Å²) in [5.74, 6) is 0. The number of aryl methyl sites for hydroxylation is 1. The zero-order valence-corrected chi connectivity index (χ0v) is 15.0. The molecule has 1 aliphatic heterocycles. The molecule has 1 aromatic carbocycles. The zero-order chi connectivity index (χ0) is 17.6.